The molecule has 6 nitrogen and oxygen atoms in total. The average Bonchev–Trinajstić information content (AvgIpc) is 2.92. The Balaban J connectivity index is 1.70. The molecule has 1 aromatic rings. The third-order valence-corrected chi connectivity index (χ3v) is 3.73. The van der Waals surface area contributed by atoms with Crippen molar-refractivity contribution in [1.82, 2.24) is 25.3 Å². The van der Waals surface area contributed by atoms with Crippen molar-refractivity contribution >= 4 is 5.91 Å². The zero-order chi connectivity index (χ0) is 13.7. The highest BCUT2D eigenvalue weighted by Crippen LogP contribution is 2.05. The Kier molecular flexibility index (Phi) is 4.93. The van der Waals surface area contributed by atoms with Crippen LogP contribution in [0.2, 0.25) is 0 Å². The van der Waals surface area contributed by atoms with Gasteiger partial charge in [-0.05, 0) is 26.0 Å². The molecule has 1 saturated heterocycles. The molecule has 0 aliphatic carbocycles. The summed E-state index contributed by atoms with van der Waals surface area (Å²) in [5, 5.41) is 9.65. The molecule has 1 fully saturated rings. The third kappa shape index (κ3) is 4.04. The fourth-order valence-electron chi connectivity index (χ4n) is 2.27. The van der Waals surface area contributed by atoms with Crippen molar-refractivity contribution in [3.05, 3.63) is 18.0 Å². The SMILES string of the molecule is C[C@@H](C(=O)NCCc1cn[nH]c1)N1CCN(C)CC1. The second kappa shape index (κ2) is 6.68. The topological polar surface area (TPSA) is 64.3 Å². The minimum atomic E-state index is -0.0435. The lowest BCUT2D eigenvalue weighted by molar-refractivity contribution is -0.126. The lowest BCUT2D eigenvalue weighted by atomic mass is 10.2. The van der Waals surface area contributed by atoms with Crippen LogP contribution in [0, 0.1) is 0 Å². The van der Waals surface area contributed by atoms with Gasteiger partial charge in [-0.25, -0.2) is 0 Å². The number of nitrogens with one attached hydrogen (secondary N) is 2. The molecule has 1 aromatic heterocycles. The van der Waals surface area contributed by atoms with E-state index in [4.69, 9.17) is 0 Å². The van der Waals surface area contributed by atoms with Crippen LogP contribution in [0.1, 0.15) is 12.5 Å². The number of amides is 1. The largest absolute Gasteiger partial charge is 0.354 e. The summed E-state index contributed by atoms with van der Waals surface area (Å²) in [6, 6.07) is -0.0435. The second-order valence-electron chi connectivity index (χ2n) is 5.16. The highest BCUT2D eigenvalue weighted by Gasteiger charge is 2.23. The van der Waals surface area contributed by atoms with Gasteiger partial charge >= 0.3 is 0 Å². The number of likely N-dealkylation sites (N-methyl/N-ethyl adjacent to an activating group) is 1. The Morgan fingerprint density at radius 3 is 2.84 bits per heavy atom. The Hall–Kier alpha value is -1.40. The van der Waals surface area contributed by atoms with Gasteiger partial charge in [0, 0.05) is 38.9 Å². The van der Waals surface area contributed by atoms with E-state index in [2.05, 4.69) is 32.4 Å². The van der Waals surface area contributed by atoms with E-state index in [1.165, 1.54) is 0 Å². The molecule has 0 bridgehead atoms. The van der Waals surface area contributed by atoms with Crippen molar-refractivity contribution in [2.75, 3.05) is 39.8 Å². The first-order valence-electron chi connectivity index (χ1n) is 6.85. The first-order chi connectivity index (χ1) is 9.16. The molecule has 6 heteroatoms. The summed E-state index contributed by atoms with van der Waals surface area (Å²) in [6.07, 6.45) is 4.46. The molecule has 1 atom stereocenters. The first kappa shape index (κ1) is 14.0. The summed E-state index contributed by atoms with van der Waals surface area (Å²) in [6.45, 7) is 6.65. The van der Waals surface area contributed by atoms with Gasteiger partial charge in [0.25, 0.3) is 0 Å². The van der Waals surface area contributed by atoms with Crippen LogP contribution in [0.5, 0.6) is 0 Å². The Morgan fingerprint density at radius 1 is 1.47 bits per heavy atom. The van der Waals surface area contributed by atoms with Crippen LogP contribution >= 0.6 is 0 Å². The number of carbonyl (C=O) groups excluding carboxylic acids is 1. The predicted octanol–water partition coefficient (Wildman–Crippen LogP) is -0.296. The maximum Gasteiger partial charge on any atom is 0.237 e. The maximum absolute atomic E-state index is 12.1. The number of nitrogens with zero attached hydrogens (tertiary/aromatic N) is 3. The summed E-state index contributed by atoms with van der Waals surface area (Å²) in [7, 11) is 2.12. The first-order valence-corrected chi connectivity index (χ1v) is 6.85. The molecule has 2 rings (SSSR count). The van der Waals surface area contributed by atoms with Crippen molar-refractivity contribution < 1.29 is 4.79 Å². The van der Waals surface area contributed by atoms with Gasteiger partial charge in [0.15, 0.2) is 0 Å². The minimum Gasteiger partial charge on any atom is -0.354 e. The number of hydrogen-bond acceptors (Lipinski definition) is 4. The Bertz CT molecular complexity index is 384. The second-order valence-corrected chi connectivity index (χ2v) is 5.16. The Labute approximate surface area is 114 Å². The van der Waals surface area contributed by atoms with Crippen LogP contribution < -0.4 is 5.32 Å². The van der Waals surface area contributed by atoms with Gasteiger partial charge in [0.2, 0.25) is 5.91 Å². The summed E-state index contributed by atoms with van der Waals surface area (Å²) in [5.74, 6) is 0.119. The van der Waals surface area contributed by atoms with Gasteiger partial charge in [0.05, 0.1) is 12.2 Å². The third-order valence-electron chi connectivity index (χ3n) is 3.73. The van der Waals surface area contributed by atoms with Gasteiger partial charge in [-0.3, -0.25) is 14.8 Å². The van der Waals surface area contributed by atoms with Gasteiger partial charge in [-0.15, -0.1) is 0 Å². The maximum atomic E-state index is 12.1. The number of aromatic amines is 1. The van der Waals surface area contributed by atoms with Crippen molar-refractivity contribution in [2.24, 2.45) is 0 Å². The van der Waals surface area contributed by atoms with Gasteiger partial charge in [-0.1, -0.05) is 0 Å². The molecule has 1 aliphatic heterocycles. The monoisotopic (exact) mass is 265 g/mol. The summed E-state index contributed by atoms with van der Waals surface area (Å²) in [5.41, 5.74) is 1.12. The predicted molar refractivity (Wildman–Crippen MR) is 73.8 cm³/mol. The van der Waals surface area contributed by atoms with E-state index in [1.807, 2.05) is 13.1 Å². The molecule has 2 N–H and O–H groups in total. The average molecular weight is 265 g/mol. The molecule has 1 aliphatic rings. The number of rotatable bonds is 5. The van der Waals surface area contributed by atoms with E-state index >= 15 is 0 Å². The molecule has 0 spiro atoms. The Morgan fingerprint density at radius 2 is 2.21 bits per heavy atom. The van der Waals surface area contributed by atoms with E-state index in [1.54, 1.807) is 6.20 Å². The zero-order valence-electron chi connectivity index (χ0n) is 11.7. The molecule has 0 aromatic carbocycles. The molecule has 2 heterocycles. The lowest BCUT2D eigenvalue weighted by Crippen LogP contribution is -2.53. The van der Waals surface area contributed by atoms with Crippen LogP contribution in [0.15, 0.2) is 12.4 Å². The van der Waals surface area contributed by atoms with Crippen molar-refractivity contribution in [3.8, 4) is 0 Å². The van der Waals surface area contributed by atoms with Crippen molar-refractivity contribution in [2.45, 2.75) is 19.4 Å². The van der Waals surface area contributed by atoms with Crippen LogP contribution in [0.3, 0.4) is 0 Å². The number of hydrogen-bond donors (Lipinski definition) is 2. The van der Waals surface area contributed by atoms with E-state index in [9.17, 15) is 4.79 Å². The van der Waals surface area contributed by atoms with E-state index in [0.717, 1.165) is 38.2 Å². The molecule has 0 unspecified atom stereocenters. The fraction of sp³-hybridized carbons (Fsp3) is 0.692. The summed E-state index contributed by atoms with van der Waals surface area (Å²) in [4.78, 5) is 16.6. The van der Waals surface area contributed by atoms with Crippen LogP contribution in [0.4, 0.5) is 0 Å². The van der Waals surface area contributed by atoms with Crippen molar-refractivity contribution in [3.63, 3.8) is 0 Å². The molecular formula is C13H23N5O. The van der Waals surface area contributed by atoms with Crippen LogP contribution in [-0.2, 0) is 11.2 Å². The number of H-pyrrole nitrogens is 1. The summed E-state index contributed by atoms with van der Waals surface area (Å²) < 4.78 is 0. The smallest absolute Gasteiger partial charge is 0.237 e. The summed E-state index contributed by atoms with van der Waals surface area (Å²) >= 11 is 0. The highest BCUT2D eigenvalue weighted by molar-refractivity contribution is 5.81. The number of aromatic nitrogens is 2. The van der Waals surface area contributed by atoms with Crippen molar-refractivity contribution in [1.29, 1.82) is 0 Å². The minimum absolute atomic E-state index is 0.0435. The van der Waals surface area contributed by atoms with E-state index in [-0.39, 0.29) is 11.9 Å². The zero-order valence-corrected chi connectivity index (χ0v) is 11.7. The van der Waals surface area contributed by atoms with Crippen LogP contribution in [0.25, 0.3) is 0 Å². The fourth-order valence-corrected chi connectivity index (χ4v) is 2.27. The quantitative estimate of drug-likeness (QED) is 0.767. The molecule has 19 heavy (non-hydrogen) atoms. The molecule has 0 saturated carbocycles. The van der Waals surface area contributed by atoms with Crippen LogP contribution in [-0.4, -0.2) is 71.7 Å². The highest BCUT2D eigenvalue weighted by atomic mass is 16.2. The molecular weight excluding hydrogens is 242 g/mol. The molecule has 1 amide bonds. The number of piperazine rings is 1. The standard InChI is InChI=1S/C13H23N5O/c1-11(18-7-5-17(2)6-8-18)13(19)14-4-3-12-9-15-16-10-12/h9-11H,3-8H2,1-2H3,(H,14,19)(H,15,16)/t11-/m0/s1. The molecule has 0 radical (unpaired) electrons. The van der Waals surface area contributed by atoms with Gasteiger partial charge in [0.1, 0.15) is 0 Å². The van der Waals surface area contributed by atoms with E-state index < -0.39 is 0 Å². The number of carbonyl (C=O) groups is 1. The lowest BCUT2D eigenvalue weighted by Gasteiger charge is -2.35. The van der Waals surface area contributed by atoms with Gasteiger partial charge < -0.3 is 10.2 Å². The van der Waals surface area contributed by atoms with E-state index in [0.29, 0.717) is 6.54 Å². The normalized spacial score (nSPS) is 19.3. The van der Waals surface area contributed by atoms with Gasteiger partial charge in [-0.2, -0.15) is 5.10 Å². The molecule has 106 valence electrons.